The second kappa shape index (κ2) is 11.7. The molecule has 210 valence electrons. The summed E-state index contributed by atoms with van der Waals surface area (Å²) in [5, 5.41) is 6.33. The van der Waals surface area contributed by atoms with Gasteiger partial charge in [0.2, 0.25) is 0 Å². The lowest BCUT2D eigenvalue weighted by molar-refractivity contribution is -0.360. The maximum atomic E-state index is 13.8. The van der Waals surface area contributed by atoms with Gasteiger partial charge in [-0.15, -0.1) is 0 Å². The van der Waals surface area contributed by atoms with Crippen LogP contribution in [-0.2, 0) is 16.2 Å². The second-order valence-corrected chi connectivity index (χ2v) is 10.2. The molecule has 2 heterocycles. The van der Waals surface area contributed by atoms with Gasteiger partial charge in [-0.05, 0) is 68.1 Å². The molecule has 1 atom stereocenters. The number of anilines is 1. The number of rotatable bonds is 8. The van der Waals surface area contributed by atoms with Crippen LogP contribution in [0.3, 0.4) is 0 Å². The summed E-state index contributed by atoms with van der Waals surface area (Å²) in [5.41, 5.74) is 10.9. The lowest BCUT2D eigenvalue weighted by atomic mass is 9.74. The number of amides is 2. The number of primary amides is 1. The van der Waals surface area contributed by atoms with Gasteiger partial charge in [0, 0.05) is 40.9 Å². The Hall–Kier alpha value is -4.92. The first-order chi connectivity index (χ1) is 19.8. The van der Waals surface area contributed by atoms with Crippen LogP contribution in [0.2, 0.25) is 0 Å². The number of allylic oxidation sites excluding steroid dienone is 3. The molecule has 1 unspecified atom stereocenters. The van der Waals surface area contributed by atoms with Crippen molar-refractivity contribution >= 4 is 23.4 Å². The van der Waals surface area contributed by atoms with E-state index in [9.17, 15) is 14.4 Å². The van der Waals surface area contributed by atoms with Crippen LogP contribution in [0.25, 0.3) is 0 Å². The quantitative estimate of drug-likeness (QED) is 0.385. The number of aryl methyl sites for hydroxylation is 1. The highest BCUT2D eigenvalue weighted by molar-refractivity contribution is 6.09. The van der Waals surface area contributed by atoms with E-state index < -0.39 is 11.8 Å². The van der Waals surface area contributed by atoms with Crippen LogP contribution in [0, 0.1) is 6.92 Å². The molecule has 9 heteroatoms. The molecular formula is C32H33N4O5+. The van der Waals surface area contributed by atoms with E-state index >= 15 is 0 Å². The molecule has 9 nitrogen and oxygen atoms in total. The van der Waals surface area contributed by atoms with Crippen LogP contribution in [0.15, 0.2) is 83.3 Å². The van der Waals surface area contributed by atoms with Gasteiger partial charge >= 0.3 is 5.91 Å². The van der Waals surface area contributed by atoms with E-state index in [1.54, 1.807) is 37.6 Å². The van der Waals surface area contributed by atoms with Crippen molar-refractivity contribution in [1.29, 1.82) is 0 Å². The van der Waals surface area contributed by atoms with Crippen molar-refractivity contribution < 1.29 is 28.8 Å². The van der Waals surface area contributed by atoms with E-state index in [2.05, 4.69) is 15.6 Å². The van der Waals surface area contributed by atoms with Crippen LogP contribution in [0.1, 0.15) is 59.2 Å². The Morgan fingerprint density at radius 1 is 1.07 bits per heavy atom. The van der Waals surface area contributed by atoms with Gasteiger partial charge < -0.3 is 20.5 Å². The number of benzene rings is 2. The Morgan fingerprint density at radius 2 is 1.88 bits per heavy atom. The van der Waals surface area contributed by atoms with Gasteiger partial charge in [0.05, 0.1) is 24.4 Å². The molecule has 0 saturated heterocycles. The highest BCUT2D eigenvalue weighted by Gasteiger charge is 2.40. The predicted octanol–water partition coefficient (Wildman–Crippen LogP) is 4.10. The minimum absolute atomic E-state index is 0.0210. The van der Waals surface area contributed by atoms with Gasteiger partial charge in [-0.1, -0.05) is 18.2 Å². The number of aromatic amines is 1. The zero-order chi connectivity index (χ0) is 29.1. The van der Waals surface area contributed by atoms with Gasteiger partial charge in [0.25, 0.3) is 11.7 Å². The van der Waals surface area contributed by atoms with Crippen LogP contribution < -0.4 is 30.8 Å². The lowest BCUT2D eigenvalue weighted by Crippen LogP contribution is -2.36. The number of methoxy groups -OCH3 is 1. The van der Waals surface area contributed by atoms with E-state index in [1.807, 2.05) is 44.2 Å². The van der Waals surface area contributed by atoms with Crippen molar-refractivity contribution in [2.75, 3.05) is 12.4 Å². The van der Waals surface area contributed by atoms with Crippen molar-refractivity contribution in [3.63, 3.8) is 0 Å². The number of carbonyl (C=O) groups is 3. The van der Waals surface area contributed by atoms with Gasteiger partial charge in [0.15, 0.2) is 5.78 Å². The number of aromatic nitrogens is 1. The number of pyridine rings is 1. The molecule has 1 aromatic heterocycles. The van der Waals surface area contributed by atoms with Crippen LogP contribution in [0.4, 0.5) is 5.82 Å². The van der Waals surface area contributed by atoms with E-state index in [-0.39, 0.29) is 23.9 Å². The molecule has 2 aliphatic rings. The zero-order valence-electron chi connectivity index (χ0n) is 23.3. The molecule has 3 aromatic rings. The number of H-pyrrole nitrogens is 1. The number of hydrogen-bond acceptors (Lipinski definition) is 6. The molecule has 0 fully saturated rings. The van der Waals surface area contributed by atoms with Crippen molar-refractivity contribution in [2.24, 2.45) is 5.73 Å². The summed E-state index contributed by atoms with van der Waals surface area (Å²) in [4.78, 5) is 42.1. The fraction of sp³-hybridized carbons (Fsp3) is 0.250. The van der Waals surface area contributed by atoms with Gasteiger partial charge in [-0.2, -0.15) is 0 Å². The normalized spacial score (nSPS) is 16.6. The molecule has 2 aromatic carbocycles. The first-order valence-corrected chi connectivity index (χ1v) is 13.5. The van der Waals surface area contributed by atoms with E-state index in [0.717, 1.165) is 29.7 Å². The Bertz CT molecular complexity index is 1610. The van der Waals surface area contributed by atoms with Crippen LogP contribution in [-0.4, -0.2) is 24.7 Å². The fourth-order valence-corrected chi connectivity index (χ4v) is 5.50. The molecule has 5 N–H and O–H groups in total. The maximum absolute atomic E-state index is 13.8. The molecule has 0 spiro atoms. The van der Waals surface area contributed by atoms with Crippen molar-refractivity contribution in [3.05, 3.63) is 106 Å². The van der Waals surface area contributed by atoms with Gasteiger partial charge in [0.1, 0.15) is 18.1 Å². The van der Waals surface area contributed by atoms with E-state index in [0.29, 0.717) is 46.1 Å². The maximum Gasteiger partial charge on any atom is 0.337 e. The summed E-state index contributed by atoms with van der Waals surface area (Å²) < 4.78 is 11.6. The number of ether oxygens (including phenoxy) is 2. The number of dihydropyridines is 1. The molecule has 0 bridgehead atoms. The molecule has 5 rings (SSSR count). The van der Waals surface area contributed by atoms with E-state index in [4.69, 9.17) is 15.2 Å². The molecule has 2 amide bonds. The second-order valence-electron chi connectivity index (χ2n) is 10.2. The Balaban J connectivity index is 1.55. The smallest absolute Gasteiger partial charge is 0.337 e. The Kier molecular flexibility index (Phi) is 7.87. The Labute approximate surface area is 238 Å². The van der Waals surface area contributed by atoms with E-state index in [1.165, 1.54) is 0 Å². The predicted molar refractivity (Wildman–Crippen MR) is 153 cm³/mol. The fourth-order valence-electron chi connectivity index (χ4n) is 5.50. The largest absolute Gasteiger partial charge is 0.496 e. The third-order valence-corrected chi connectivity index (χ3v) is 7.40. The summed E-state index contributed by atoms with van der Waals surface area (Å²) >= 11 is 0. The molecule has 1 aliphatic heterocycles. The number of para-hydroxylation sites is 1. The minimum atomic E-state index is -0.591. The average molecular weight is 554 g/mol. The number of nitrogens with one attached hydrogen (secondary N) is 3. The highest BCUT2D eigenvalue weighted by Crippen LogP contribution is 2.43. The minimum Gasteiger partial charge on any atom is -0.496 e. The molecule has 0 radical (unpaired) electrons. The van der Waals surface area contributed by atoms with Gasteiger partial charge in [-0.25, -0.2) is 15.1 Å². The molecule has 1 aliphatic carbocycles. The summed E-state index contributed by atoms with van der Waals surface area (Å²) in [6.45, 7) is 3.88. The van der Waals surface area contributed by atoms with Gasteiger partial charge in [-0.3, -0.25) is 9.59 Å². The Morgan fingerprint density at radius 3 is 2.63 bits per heavy atom. The number of hydrogen-bond donors (Lipinski definition) is 3. The number of Topliss-reactive ketones (excluding diaryl/α,β-unsaturated/α-hetero) is 1. The number of carbonyl (C=O) groups excluding carboxylic acids is 3. The number of nitrogens with two attached hydrogens (primary N) is 1. The zero-order valence-corrected chi connectivity index (χ0v) is 23.3. The highest BCUT2D eigenvalue weighted by atomic mass is 16.5. The van der Waals surface area contributed by atoms with Crippen molar-refractivity contribution in [3.8, 4) is 11.5 Å². The topological polar surface area (TPSA) is 134 Å². The van der Waals surface area contributed by atoms with Crippen LogP contribution >= 0.6 is 0 Å². The first-order valence-electron chi connectivity index (χ1n) is 13.5. The molecule has 0 saturated carbocycles. The average Bonchev–Trinajstić information content (AvgIpc) is 2.95. The SMILES string of the molecule is COc1ccc(C2C(C(=O)Nc3cc(C)cc[nH+]3)=C(C)NC3=C2C(=O)CCC3)cc1COc1ccccc1C(N)=O. The molecular weight excluding hydrogens is 520 g/mol. The number of ketones is 1. The van der Waals surface area contributed by atoms with Crippen molar-refractivity contribution in [2.45, 2.75) is 45.6 Å². The lowest BCUT2D eigenvalue weighted by Gasteiger charge is -2.34. The van der Waals surface area contributed by atoms with Crippen molar-refractivity contribution in [1.82, 2.24) is 5.32 Å². The monoisotopic (exact) mass is 553 g/mol. The standard InChI is InChI=1S/C32H32N4O5/c1-18-13-14-34-27(15-18)36-32(39)28-19(2)35-23-8-6-9-24(37)30(23)29(28)20-11-12-25(40-3)21(16-20)17-41-26-10-5-4-7-22(26)31(33)38/h4-5,7,10-16,29,35H,6,8-9,17H2,1-3H3,(H2,33,38)(H,34,36,39)/p+1. The molecule has 41 heavy (non-hydrogen) atoms. The summed E-state index contributed by atoms with van der Waals surface area (Å²) in [5.74, 6) is 0.0143. The first kappa shape index (κ1) is 27.6. The summed E-state index contributed by atoms with van der Waals surface area (Å²) in [6.07, 6.45) is 3.67. The third-order valence-electron chi connectivity index (χ3n) is 7.40. The van der Waals surface area contributed by atoms with Crippen LogP contribution in [0.5, 0.6) is 11.5 Å². The third kappa shape index (κ3) is 5.70. The summed E-state index contributed by atoms with van der Waals surface area (Å²) in [6, 6.07) is 16.1. The summed E-state index contributed by atoms with van der Waals surface area (Å²) in [7, 11) is 1.56.